The summed E-state index contributed by atoms with van der Waals surface area (Å²) in [5, 5.41) is 15.5. The number of phenolic OH excluding ortho intramolecular Hbond substituents is 1. The lowest BCUT2D eigenvalue weighted by molar-refractivity contribution is -0.139. The van der Waals surface area contributed by atoms with Crippen LogP contribution in [0, 0.1) is 6.92 Å². The predicted octanol–water partition coefficient (Wildman–Crippen LogP) is 4.49. The van der Waals surface area contributed by atoms with E-state index in [0.29, 0.717) is 34.7 Å². The Kier molecular flexibility index (Phi) is 10.7. The zero-order chi connectivity index (χ0) is 27.8. The number of benzene rings is 2. The van der Waals surface area contributed by atoms with Gasteiger partial charge in [-0.3, -0.25) is 9.59 Å². The molecule has 2 unspecified atom stereocenters. The second-order valence-corrected chi connectivity index (χ2v) is 10.6. The number of hydrogen-bond acceptors (Lipinski definition) is 7. The number of hydrogen-bond donors (Lipinski definition) is 3. The number of aryl methyl sites for hydroxylation is 1. The van der Waals surface area contributed by atoms with Crippen molar-refractivity contribution in [3.63, 3.8) is 0 Å². The maximum atomic E-state index is 13.7. The molecule has 2 aromatic rings. The van der Waals surface area contributed by atoms with Gasteiger partial charge in [-0.25, -0.2) is 4.79 Å². The Hall–Kier alpha value is -3.40. The number of rotatable bonds is 10. The first kappa shape index (κ1) is 29.8. The van der Waals surface area contributed by atoms with Gasteiger partial charge in [-0.15, -0.1) is 0 Å². The van der Waals surface area contributed by atoms with Gasteiger partial charge < -0.3 is 30.1 Å². The highest BCUT2D eigenvalue weighted by Gasteiger charge is 2.34. The van der Waals surface area contributed by atoms with Gasteiger partial charge in [0.2, 0.25) is 5.91 Å². The lowest BCUT2D eigenvalue weighted by Gasteiger charge is -2.32. The van der Waals surface area contributed by atoms with E-state index in [4.69, 9.17) is 9.47 Å². The Morgan fingerprint density at radius 2 is 1.76 bits per heavy atom. The quantitative estimate of drug-likeness (QED) is 0.413. The molecule has 3 N–H and O–H groups in total. The van der Waals surface area contributed by atoms with E-state index >= 15 is 0 Å². The number of likely N-dealkylation sites (N-methyl/N-ethyl adjacent to an activating group) is 1. The summed E-state index contributed by atoms with van der Waals surface area (Å²) in [7, 11) is 3.07. The van der Waals surface area contributed by atoms with Crippen molar-refractivity contribution in [3.05, 3.63) is 53.6 Å². The topological polar surface area (TPSA) is 117 Å². The number of aromatic hydroxyl groups is 1. The van der Waals surface area contributed by atoms with Gasteiger partial charge in [0.25, 0.3) is 5.91 Å². The van der Waals surface area contributed by atoms with Crippen LogP contribution in [0.15, 0.2) is 42.5 Å². The van der Waals surface area contributed by atoms with Gasteiger partial charge in [0.15, 0.2) is 0 Å². The number of thioether (sulfide) groups is 1. The molecule has 37 heavy (non-hydrogen) atoms. The summed E-state index contributed by atoms with van der Waals surface area (Å²) < 4.78 is 10.5. The standard InChI is InChI=1S/C27H37N3O6S/c1-17-16-18(8-13-22(17)31)23(24(32)28-19-9-11-20(35-6)12-10-19)30(5)25(33)21(14-15-37-7)29-26(34)36-27(2,3)4/h8-13,16,21,23,31H,14-15H2,1-7H3,(H,28,32)(H,29,34). The summed E-state index contributed by atoms with van der Waals surface area (Å²) in [4.78, 5) is 41.0. The Bertz CT molecular complexity index is 1080. The third-order valence-electron chi connectivity index (χ3n) is 5.48. The molecule has 0 saturated heterocycles. The first-order valence-electron chi connectivity index (χ1n) is 11.9. The fraction of sp³-hybridized carbons (Fsp3) is 0.444. The molecule has 3 amide bonds. The highest BCUT2D eigenvalue weighted by Crippen LogP contribution is 2.28. The van der Waals surface area contributed by atoms with Crippen LogP contribution in [0.3, 0.4) is 0 Å². The average molecular weight is 532 g/mol. The molecule has 0 bridgehead atoms. The van der Waals surface area contributed by atoms with Crippen LogP contribution < -0.4 is 15.4 Å². The third-order valence-corrected chi connectivity index (χ3v) is 6.12. The number of amides is 3. The molecule has 0 aromatic heterocycles. The van der Waals surface area contributed by atoms with Crippen molar-refractivity contribution in [1.29, 1.82) is 0 Å². The molecular weight excluding hydrogens is 494 g/mol. The average Bonchev–Trinajstić information content (AvgIpc) is 2.82. The summed E-state index contributed by atoms with van der Waals surface area (Å²) in [6.07, 6.45) is 1.55. The Morgan fingerprint density at radius 1 is 1.11 bits per heavy atom. The van der Waals surface area contributed by atoms with Crippen LogP contribution in [0.5, 0.6) is 11.5 Å². The second kappa shape index (κ2) is 13.2. The number of methoxy groups -OCH3 is 1. The van der Waals surface area contributed by atoms with Gasteiger partial charge in [0, 0.05) is 12.7 Å². The van der Waals surface area contributed by atoms with E-state index in [9.17, 15) is 19.5 Å². The molecule has 0 saturated carbocycles. The predicted molar refractivity (Wildman–Crippen MR) is 146 cm³/mol. The van der Waals surface area contributed by atoms with Crippen LogP contribution >= 0.6 is 11.8 Å². The SMILES string of the molecule is COc1ccc(NC(=O)C(c2ccc(O)c(C)c2)N(C)C(=O)C(CCSC)NC(=O)OC(C)(C)C)cc1. The number of anilines is 1. The van der Waals surface area contributed by atoms with Crippen molar-refractivity contribution in [2.24, 2.45) is 0 Å². The Labute approximate surface area is 222 Å². The highest BCUT2D eigenvalue weighted by atomic mass is 32.2. The van der Waals surface area contributed by atoms with Crippen molar-refractivity contribution in [1.82, 2.24) is 10.2 Å². The summed E-state index contributed by atoms with van der Waals surface area (Å²) in [6, 6.07) is 9.64. The van der Waals surface area contributed by atoms with Crippen molar-refractivity contribution in [2.75, 3.05) is 31.5 Å². The monoisotopic (exact) mass is 531 g/mol. The molecule has 0 aliphatic carbocycles. The molecule has 202 valence electrons. The van der Waals surface area contributed by atoms with Crippen molar-refractivity contribution in [3.8, 4) is 11.5 Å². The number of phenols is 1. The Balaban J connectivity index is 2.38. The van der Waals surface area contributed by atoms with Crippen molar-refractivity contribution >= 4 is 35.4 Å². The number of nitrogens with zero attached hydrogens (tertiary/aromatic N) is 1. The maximum Gasteiger partial charge on any atom is 0.408 e. The molecule has 0 aliphatic heterocycles. The molecule has 0 heterocycles. The largest absolute Gasteiger partial charge is 0.508 e. The summed E-state index contributed by atoms with van der Waals surface area (Å²) in [5.74, 6) is 0.436. The number of alkyl carbamates (subject to hydrolysis) is 1. The lowest BCUT2D eigenvalue weighted by Crippen LogP contribution is -2.51. The minimum Gasteiger partial charge on any atom is -0.508 e. The highest BCUT2D eigenvalue weighted by molar-refractivity contribution is 7.98. The minimum absolute atomic E-state index is 0.0801. The van der Waals surface area contributed by atoms with Crippen LogP contribution in [0.25, 0.3) is 0 Å². The molecule has 0 fully saturated rings. The van der Waals surface area contributed by atoms with E-state index in [1.165, 1.54) is 29.8 Å². The maximum absolute atomic E-state index is 13.7. The van der Waals surface area contributed by atoms with Gasteiger partial charge in [-0.05, 0) is 93.6 Å². The van der Waals surface area contributed by atoms with Gasteiger partial charge in [0.05, 0.1) is 7.11 Å². The van der Waals surface area contributed by atoms with E-state index < -0.39 is 35.6 Å². The number of carbonyl (C=O) groups is 3. The first-order valence-corrected chi connectivity index (χ1v) is 13.2. The van der Waals surface area contributed by atoms with E-state index in [-0.39, 0.29) is 5.75 Å². The van der Waals surface area contributed by atoms with E-state index in [1.807, 2.05) is 6.26 Å². The van der Waals surface area contributed by atoms with Gasteiger partial charge in [-0.1, -0.05) is 6.07 Å². The summed E-state index contributed by atoms with van der Waals surface area (Å²) >= 11 is 1.54. The zero-order valence-electron chi connectivity index (χ0n) is 22.5. The molecule has 0 spiro atoms. The number of nitrogens with one attached hydrogen (secondary N) is 2. The smallest absolute Gasteiger partial charge is 0.408 e. The molecule has 0 aliphatic rings. The van der Waals surface area contributed by atoms with Crippen LogP contribution in [0.1, 0.15) is 44.4 Å². The summed E-state index contributed by atoms with van der Waals surface area (Å²) in [5.41, 5.74) is 0.871. The molecular formula is C27H37N3O6S. The van der Waals surface area contributed by atoms with E-state index in [1.54, 1.807) is 71.2 Å². The lowest BCUT2D eigenvalue weighted by atomic mass is 10.0. The first-order chi connectivity index (χ1) is 17.4. The molecule has 0 radical (unpaired) electrons. The molecule has 2 rings (SSSR count). The fourth-order valence-corrected chi connectivity index (χ4v) is 4.07. The van der Waals surface area contributed by atoms with Crippen LogP contribution in [-0.4, -0.2) is 65.7 Å². The fourth-order valence-electron chi connectivity index (χ4n) is 3.60. The number of ether oxygens (including phenoxy) is 2. The second-order valence-electron chi connectivity index (χ2n) is 9.60. The molecule has 2 atom stereocenters. The van der Waals surface area contributed by atoms with Gasteiger partial charge >= 0.3 is 6.09 Å². The zero-order valence-corrected chi connectivity index (χ0v) is 23.3. The molecule has 2 aromatic carbocycles. The Morgan fingerprint density at radius 3 is 2.30 bits per heavy atom. The van der Waals surface area contributed by atoms with Gasteiger partial charge in [0.1, 0.15) is 29.2 Å². The summed E-state index contributed by atoms with van der Waals surface area (Å²) in [6.45, 7) is 6.93. The van der Waals surface area contributed by atoms with E-state index in [0.717, 1.165) is 0 Å². The van der Waals surface area contributed by atoms with Crippen molar-refractivity contribution < 1.29 is 29.0 Å². The van der Waals surface area contributed by atoms with Crippen LogP contribution in [0.4, 0.5) is 10.5 Å². The van der Waals surface area contributed by atoms with Crippen LogP contribution in [0.2, 0.25) is 0 Å². The van der Waals surface area contributed by atoms with Crippen molar-refractivity contribution in [2.45, 2.75) is 51.8 Å². The number of carbonyl (C=O) groups excluding carboxylic acids is 3. The van der Waals surface area contributed by atoms with Crippen LogP contribution in [-0.2, 0) is 14.3 Å². The minimum atomic E-state index is -1.04. The molecule has 9 nitrogen and oxygen atoms in total. The van der Waals surface area contributed by atoms with Gasteiger partial charge in [-0.2, -0.15) is 11.8 Å². The molecule has 10 heteroatoms. The van der Waals surface area contributed by atoms with E-state index in [2.05, 4.69) is 10.6 Å². The third kappa shape index (κ3) is 8.89. The normalized spacial score (nSPS) is 12.7.